The first kappa shape index (κ1) is 21.1. The minimum absolute atomic E-state index is 0.0724. The van der Waals surface area contributed by atoms with Crippen LogP contribution >= 0.6 is 0 Å². The number of nitrogens with zero attached hydrogens (tertiary/aromatic N) is 2. The van der Waals surface area contributed by atoms with E-state index in [1.165, 1.54) is 19.8 Å². The van der Waals surface area contributed by atoms with E-state index in [2.05, 4.69) is 11.0 Å². The predicted octanol–water partition coefficient (Wildman–Crippen LogP) is 2.44. The van der Waals surface area contributed by atoms with Gasteiger partial charge in [-0.2, -0.15) is 0 Å². The van der Waals surface area contributed by atoms with Crippen LogP contribution in [0.2, 0.25) is 0 Å². The van der Waals surface area contributed by atoms with Gasteiger partial charge in [0.25, 0.3) is 5.91 Å². The standard InChI is InChI=1S/C23H28N2O6/c1-27-19-7-5-17(21(28-2)22(19)29-3)23(26)25-10-8-24(9-11-25)15-16-4-6-18-20(14-16)31-13-12-30-18/h4-7,14H,8-13,15H2,1-3H3. The number of rotatable bonds is 6. The molecule has 2 aromatic carbocycles. The molecule has 4 rings (SSSR count). The topological polar surface area (TPSA) is 69.7 Å². The number of ether oxygens (including phenoxy) is 5. The van der Waals surface area contributed by atoms with E-state index in [4.69, 9.17) is 23.7 Å². The molecule has 8 nitrogen and oxygen atoms in total. The van der Waals surface area contributed by atoms with E-state index in [9.17, 15) is 4.79 Å². The van der Waals surface area contributed by atoms with Gasteiger partial charge >= 0.3 is 0 Å². The van der Waals surface area contributed by atoms with E-state index in [1.54, 1.807) is 19.2 Å². The molecule has 0 radical (unpaired) electrons. The average Bonchev–Trinajstić information content (AvgIpc) is 2.82. The van der Waals surface area contributed by atoms with Crippen molar-refractivity contribution in [3.63, 3.8) is 0 Å². The summed E-state index contributed by atoms with van der Waals surface area (Å²) in [5.41, 5.74) is 1.64. The third-order valence-corrected chi connectivity index (χ3v) is 5.61. The maximum atomic E-state index is 13.2. The molecule has 0 bridgehead atoms. The van der Waals surface area contributed by atoms with Crippen LogP contribution in [0.15, 0.2) is 30.3 Å². The molecule has 2 aromatic rings. The molecular weight excluding hydrogens is 400 g/mol. The van der Waals surface area contributed by atoms with Crippen molar-refractivity contribution in [2.24, 2.45) is 0 Å². The van der Waals surface area contributed by atoms with Crippen LogP contribution in [0.4, 0.5) is 0 Å². The van der Waals surface area contributed by atoms with Gasteiger partial charge in [0.2, 0.25) is 5.75 Å². The van der Waals surface area contributed by atoms with Gasteiger partial charge in [-0.15, -0.1) is 0 Å². The SMILES string of the molecule is COc1ccc(C(=O)N2CCN(Cc3ccc4c(c3)OCCO4)CC2)c(OC)c1OC. The van der Waals surface area contributed by atoms with Crippen molar-refractivity contribution in [1.29, 1.82) is 0 Å². The van der Waals surface area contributed by atoms with Crippen molar-refractivity contribution in [3.8, 4) is 28.7 Å². The molecule has 0 aliphatic carbocycles. The number of fused-ring (bicyclic) bond motifs is 1. The molecule has 166 valence electrons. The highest BCUT2D eigenvalue weighted by atomic mass is 16.6. The number of piperazine rings is 1. The third kappa shape index (κ3) is 4.34. The van der Waals surface area contributed by atoms with Gasteiger partial charge < -0.3 is 28.6 Å². The number of hydrogen-bond acceptors (Lipinski definition) is 7. The van der Waals surface area contributed by atoms with E-state index in [0.717, 1.165) is 31.1 Å². The van der Waals surface area contributed by atoms with Crippen molar-refractivity contribution in [1.82, 2.24) is 9.80 Å². The number of benzene rings is 2. The van der Waals surface area contributed by atoms with Crippen LogP contribution < -0.4 is 23.7 Å². The summed E-state index contributed by atoms with van der Waals surface area (Å²) in [6, 6.07) is 9.53. The van der Waals surface area contributed by atoms with Gasteiger partial charge in [0.05, 0.1) is 26.9 Å². The zero-order valence-corrected chi connectivity index (χ0v) is 18.2. The summed E-state index contributed by atoms with van der Waals surface area (Å²) in [6.07, 6.45) is 0. The van der Waals surface area contributed by atoms with Gasteiger partial charge in [0.1, 0.15) is 13.2 Å². The number of methoxy groups -OCH3 is 3. The number of amides is 1. The lowest BCUT2D eigenvalue weighted by Crippen LogP contribution is -2.48. The van der Waals surface area contributed by atoms with Gasteiger partial charge in [-0.25, -0.2) is 0 Å². The van der Waals surface area contributed by atoms with Crippen LogP contribution in [0.25, 0.3) is 0 Å². The summed E-state index contributed by atoms with van der Waals surface area (Å²) in [6.45, 7) is 4.83. The number of carbonyl (C=O) groups is 1. The highest BCUT2D eigenvalue weighted by Crippen LogP contribution is 2.40. The lowest BCUT2D eigenvalue weighted by Gasteiger charge is -2.35. The summed E-state index contributed by atoms with van der Waals surface area (Å²) >= 11 is 0. The average molecular weight is 428 g/mol. The second-order valence-corrected chi connectivity index (χ2v) is 7.43. The van der Waals surface area contributed by atoms with E-state index in [-0.39, 0.29) is 5.91 Å². The van der Waals surface area contributed by atoms with E-state index < -0.39 is 0 Å². The zero-order valence-electron chi connectivity index (χ0n) is 18.2. The Labute approximate surface area is 182 Å². The summed E-state index contributed by atoms with van der Waals surface area (Å²) in [4.78, 5) is 17.4. The molecule has 0 aromatic heterocycles. The zero-order chi connectivity index (χ0) is 21.8. The molecule has 0 saturated carbocycles. The first-order chi connectivity index (χ1) is 15.1. The van der Waals surface area contributed by atoms with Crippen molar-refractivity contribution >= 4 is 5.91 Å². The Morgan fingerprint density at radius 3 is 2.26 bits per heavy atom. The van der Waals surface area contributed by atoms with Gasteiger partial charge in [-0.1, -0.05) is 6.07 Å². The molecule has 2 aliphatic rings. The van der Waals surface area contributed by atoms with E-state index >= 15 is 0 Å². The first-order valence-electron chi connectivity index (χ1n) is 10.3. The summed E-state index contributed by atoms with van der Waals surface area (Å²) < 4.78 is 27.5. The summed E-state index contributed by atoms with van der Waals surface area (Å²) in [5, 5.41) is 0. The van der Waals surface area contributed by atoms with E-state index in [0.29, 0.717) is 49.1 Å². The number of hydrogen-bond donors (Lipinski definition) is 0. The van der Waals surface area contributed by atoms with Crippen LogP contribution in [-0.2, 0) is 6.54 Å². The van der Waals surface area contributed by atoms with Gasteiger partial charge in [0, 0.05) is 32.7 Å². The molecule has 2 heterocycles. The Kier molecular flexibility index (Phi) is 6.36. The molecule has 0 N–H and O–H groups in total. The van der Waals surface area contributed by atoms with Crippen molar-refractivity contribution in [2.75, 3.05) is 60.7 Å². The molecule has 0 spiro atoms. The van der Waals surface area contributed by atoms with Gasteiger partial charge in [0.15, 0.2) is 23.0 Å². The monoisotopic (exact) mass is 428 g/mol. The molecule has 0 atom stereocenters. The maximum Gasteiger partial charge on any atom is 0.257 e. The highest BCUT2D eigenvalue weighted by molar-refractivity contribution is 5.98. The van der Waals surface area contributed by atoms with Crippen LogP contribution in [0.5, 0.6) is 28.7 Å². The second kappa shape index (κ2) is 9.34. The molecule has 1 amide bonds. The molecule has 8 heteroatoms. The normalized spacial score (nSPS) is 16.0. The molecule has 0 unspecified atom stereocenters. The smallest absolute Gasteiger partial charge is 0.257 e. The maximum absolute atomic E-state index is 13.2. The Morgan fingerprint density at radius 2 is 1.58 bits per heavy atom. The van der Waals surface area contributed by atoms with Gasteiger partial charge in [-0.05, 0) is 29.8 Å². The molecule has 1 fully saturated rings. The lowest BCUT2D eigenvalue weighted by molar-refractivity contribution is 0.0624. The minimum Gasteiger partial charge on any atom is -0.493 e. The van der Waals surface area contributed by atoms with Gasteiger partial charge in [-0.3, -0.25) is 9.69 Å². The lowest BCUT2D eigenvalue weighted by atomic mass is 10.1. The van der Waals surface area contributed by atoms with E-state index in [1.807, 2.05) is 17.0 Å². The Bertz CT molecular complexity index is 940. The fourth-order valence-corrected chi connectivity index (χ4v) is 3.99. The summed E-state index contributed by atoms with van der Waals surface area (Å²) in [5.74, 6) is 2.88. The summed E-state index contributed by atoms with van der Waals surface area (Å²) in [7, 11) is 4.62. The molecule has 31 heavy (non-hydrogen) atoms. The predicted molar refractivity (Wildman–Crippen MR) is 115 cm³/mol. The third-order valence-electron chi connectivity index (χ3n) is 5.61. The second-order valence-electron chi connectivity index (χ2n) is 7.43. The van der Waals surface area contributed by atoms with Crippen molar-refractivity contribution in [2.45, 2.75) is 6.54 Å². The van der Waals surface area contributed by atoms with Crippen LogP contribution in [0.3, 0.4) is 0 Å². The Balaban J connectivity index is 1.40. The van der Waals surface area contributed by atoms with Crippen molar-refractivity contribution in [3.05, 3.63) is 41.5 Å². The van der Waals surface area contributed by atoms with Crippen LogP contribution in [0.1, 0.15) is 15.9 Å². The first-order valence-corrected chi connectivity index (χ1v) is 10.3. The largest absolute Gasteiger partial charge is 0.493 e. The Hall–Kier alpha value is -3.13. The highest BCUT2D eigenvalue weighted by Gasteiger charge is 2.27. The quantitative estimate of drug-likeness (QED) is 0.700. The van der Waals surface area contributed by atoms with Crippen LogP contribution in [0, 0.1) is 0 Å². The van der Waals surface area contributed by atoms with Crippen molar-refractivity contribution < 1.29 is 28.5 Å². The Morgan fingerprint density at radius 1 is 0.871 bits per heavy atom. The fraction of sp³-hybridized carbons (Fsp3) is 0.435. The molecule has 2 aliphatic heterocycles. The molecule has 1 saturated heterocycles. The fourth-order valence-electron chi connectivity index (χ4n) is 3.99. The van der Waals surface area contributed by atoms with Crippen LogP contribution in [-0.4, -0.2) is 76.4 Å². The molecular formula is C23H28N2O6. The minimum atomic E-state index is -0.0724. The number of carbonyl (C=O) groups excluding carboxylic acids is 1.